The van der Waals surface area contributed by atoms with E-state index in [-0.39, 0.29) is 5.97 Å². The number of hydrogen-bond donors (Lipinski definition) is 0. The fourth-order valence-electron chi connectivity index (χ4n) is 3.06. The number of methoxy groups -OCH3 is 1. The molecule has 0 unspecified atom stereocenters. The van der Waals surface area contributed by atoms with Gasteiger partial charge in [-0.2, -0.15) is 0 Å². The minimum absolute atomic E-state index is 0.208. The van der Waals surface area contributed by atoms with Crippen LogP contribution in [0.5, 0.6) is 5.75 Å². The van der Waals surface area contributed by atoms with Crippen molar-refractivity contribution in [1.29, 1.82) is 0 Å². The minimum atomic E-state index is -1.68. The molecule has 0 heterocycles. The lowest BCUT2D eigenvalue weighted by Gasteiger charge is -2.31. The first-order chi connectivity index (χ1) is 10.6. The Morgan fingerprint density at radius 2 is 1.45 bits per heavy atom. The Labute approximate surface area is 136 Å². The predicted octanol–water partition coefficient (Wildman–Crippen LogP) is 4.96. The summed E-state index contributed by atoms with van der Waals surface area (Å²) in [5, 5.41) is 0. The van der Waals surface area contributed by atoms with Crippen LogP contribution in [0.15, 0.2) is 24.3 Å². The van der Waals surface area contributed by atoms with E-state index in [2.05, 4.69) is 20.8 Å². The molecule has 0 fully saturated rings. The van der Waals surface area contributed by atoms with Gasteiger partial charge in [-0.3, -0.25) is 4.79 Å². The lowest BCUT2D eigenvalue weighted by Crippen LogP contribution is -2.41. The van der Waals surface area contributed by atoms with Crippen LogP contribution in [0.25, 0.3) is 0 Å². The van der Waals surface area contributed by atoms with Crippen molar-refractivity contribution >= 4 is 14.3 Å². The van der Waals surface area contributed by atoms with Crippen LogP contribution in [0.2, 0.25) is 18.1 Å². The van der Waals surface area contributed by atoms with Gasteiger partial charge in [0.25, 0.3) is 8.32 Å². The van der Waals surface area contributed by atoms with Crippen LogP contribution in [0.3, 0.4) is 0 Å². The molecule has 3 nitrogen and oxygen atoms in total. The van der Waals surface area contributed by atoms with Gasteiger partial charge < -0.3 is 9.16 Å². The highest BCUT2D eigenvalue weighted by Crippen LogP contribution is 2.29. The van der Waals surface area contributed by atoms with E-state index in [1.54, 1.807) is 0 Å². The Bertz CT molecular complexity index is 425. The third-order valence-corrected chi connectivity index (χ3v) is 8.85. The van der Waals surface area contributed by atoms with Crippen LogP contribution in [-0.4, -0.2) is 21.4 Å². The second-order valence-electron chi connectivity index (χ2n) is 5.93. The molecule has 0 amide bonds. The summed E-state index contributed by atoms with van der Waals surface area (Å²) in [7, 11) is -0.268. The summed E-state index contributed by atoms with van der Waals surface area (Å²) in [5.41, 5.74) is 0.966. The highest BCUT2D eigenvalue weighted by Gasteiger charge is 2.34. The molecule has 0 N–H and O–H groups in total. The molecular formula is C18H30O3Si. The van der Waals surface area contributed by atoms with Crippen LogP contribution in [0, 0.1) is 0 Å². The summed E-state index contributed by atoms with van der Waals surface area (Å²) >= 11 is 0. The molecule has 0 aromatic heterocycles. The quantitative estimate of drug-likeness (QED) is 0.451. The Morgan fingerprint density at radius 3 is 1.86 bits per heavy atom. The van der Waals surface area contributed by atoms with Gasteiger partial charge in [0.1, 0.15) is 5.75 Å². The maximum absolute atomic E-state index is 11.3. The molecular weight excluding hydrogens is 292 g/mol. The molecule has 0 bridgehead atoms. The van der Waals surface area contributed by atoms with E-state index >= 15 is 0 Å². The van der Waals surface area contributed by atoms with E-state index in [1.807, 2.05) is 24.3 Å². The summed E-state index contributed by atoms with van der Waals surface area (Å²) in [6, 6.07) is 11.6. The molecule has 0 aliphatic carbocycles. The minimum Gasteiger partial charge on any atom is -0.543 e. The molecule has 22 heavy (non-hydrogen) atoms. The van der Waals surface area contributed by atoms with E-state index in [9.17, 15) is 4.79 Å². The monoisotopic (exact) mass is 322 g/mol. The van der Waals surface area contributed by atoms with Crippen LogP contribution in [0.4, 0.5) is 0 Å². The number of hydrogen-bond acceptors (Lipinski definition) is 3. The van der Waals surface area contributed by atoms with Gasteiger partial charge in [-0.25, -0.2) is 0 Å². The smallest absolute Gasteiger partial charge is 0.309 e. The summed E-state index contributed by atoms with van der Waals surface area (Å²) in [4.78, 5) is 11.3. The van der Waals surface area contributed by atoms with Crippen molar-refractivity contribution in [2.75, 3.05) is 7.11 Å². The highest BCUT2D eigenvalue weighted by atomic mass is 28.4. The molecule has 0 saturated heterocycles. The van der Waals surface area contributed by atoms with Gasteiger partial charge in [0.2, 0.25) is 0 Å². The summed E-state index contributed by atoms with van der Waals surface area (Å²) in [6.45, 7) is 6.74. The maximum Gasteiger partial charge on any atom is 0.309 e. The van der Waals surface area contributed by atoms with Crippen molar-refractivity contribution in [2.45, 2.75) is 64.6 Å². The fraction of sp³-hybridized carbons (Fsp3) is 0.611. The normalized spacial score (nSPS) is 11.3. The average Bonchev–Trinajstić information content (AvgIpc) is 2.50. The van der Waals surface area contributed by atoms with E-state index in [0.717, 1.165) is 11.3 Å². The zero-order valence-corrected chi connectivity index (χ0v) is 15.5. The third kappa shape index (κ3) is 5.83. The predicted molar refractivity (Wildman–Crippen MR) is 93.8 cm³/mol. The molecule has 0 spiro atoms. The zero-order chi connectivity index (χ0) is 16.4. The molecule has 0 saturated carbocycles. The maximum atomic E-state index is 11.3. The van der Waals surface area contributed by atoms with E-state index < -0.39 is 8.32 Å². The zero-order valence-electron chi connectivity index (χ0n) is 14.5. The standard InChI is InChI=1S/C18H30O3Si/c1-5-12-22(13-6-2,14-7-3)21-17-10-8-16(9-11-17)15-18(19)20-4/h8-11H,5-7,12-15H2,1-4H3. The Kier molecular flexibility index (Phi) is 8.24. The first kappa shape index (κ1) is 18.8. The Balaban J connectivity index is 2.81. The first-order valence-corrected chi connectivity index (χ1v) is 11.0. The van der Waals surface area contributed by atoms with Crippen LogP contribution in [0.1, 0.15) is 45.6 Å². The van der Waals surface area contributed by atoms with Crippen molar-refractivity contribution in [3.63, 3.8) is 0 Å². The molecule has 1 aromatic carbocycles. The van der Waals surface area contributed by atoms with Gasteiger partial charge in [-0.15, -0.1) is 0 Å². The molecule has 0 atom stereocenters. The molecule has 0 radical (unpaired) electrons. The van der Waals surface area contributed by atoms with Crippen LogP contribution < -0.4 is 4.43 Å². The van der Waals surface area contributed by atoms with Gasteiger partial charge in [0.05, 0.1) is 13.5 Å². The number of esters is 1. The number of ether oxygens (including phenoxy) is 1. The fourth-order valence-corrected chi connectivity index (χ4v) is 7.49. The van der Waals surface area contributed by atoms with Crippen molar-refractivity contribution in [1.82, 2.24) is 0 Å². The van der Waals surface area contributed by atoms with Crippen molar-refractivity contribution in [3.05, 3.63) is 29.8 Å². The first-order valence-electron chi connectivity index (χ1n) is 8.44. The van der Waals surface area contributed by atoms with E-state index in [0.29, 0.717) is 6.42 Å². The van der Waals surface area contributed by atoms with Gasteiger partial charge >= 0.3 is 5.97 Å². The highest BCUT2D eigenvalue weighted by molar-refractivity contribution is 6.74. The molecule has 0 aliphatic heterocycles. The van der Waals surface area contributed by atoms with Crippen LogP contribution >= 0.6 is 0 Å². The van der Waals surface area contributed by atoms with Gasteiger partial charge in [-0.05, 0) is 35.8 Å². The summed E-state index contributed by atoms with van der Waals surface area (Å²) in [5.74, 6) is 0.746. The van der Waals surface area contributed by atoms with E-state index in [4.69, 9.17) is 9.16 Å². The van der Waals surface area contributed by atoms with Crippen molar-refractivity contribution in [2.24, 2.45) is 0 Å². The summed E-state index contributed by atoms with van der Waals surface area (Å²) in [6.07, 6.45) is 3.88. The van der Waals surface area contributed by atoms with Gasteiger partial charge in [0.15, 0.2) is 0 Å². The Morgan fingerprint density at radius 1 is 0.955 bits per heavy atom. The second kappa shape index (κ2) is 9.67. The second-order valence-corrected chi connectivity index (χ2v) is 10.0. The van der Waals surface area contributed by atoms with Gasteiger partial charge in [-0.1, -0.05) is 52.2 Å². The van der Waals surface area contributed by atoms with Gasteiger partial charge in [0, 0.05) is 0 Å². The topological polar surface area (TPSA) is 35.5 Å². The number of carbonyl (C=O) groups excluding carboxylic acids is 1. The summed E-state index contributed by atoms with van der Waals surface area (Å²) < 4.78 is 11.2. The van der Waals surface area contributed by atoms with E-state index in [1.165, 1.54) is 44.5 Å². The number of rotatable bonds is 10. The lowest BCUT2D eigenvalue weighted by atomic mass is 10.1. The molecule has 0 aliphatic rings. The largest absolute Gasteiger partial charge is 0.543 e. The van der Waals surface area contributed by atoms with Crippen molar-refractivity contribution < 1.29 is 14.0 Å². The SMILES string of the molecule is CCC[Si](CCC)(CCC)Oc1ccc(CC(=O)OC)cc1. The lowest BCUT2D eigenvalue weighted by molar-refractivity contribution is -0.139. The third-order valence-electron chi connectivity index (χ3n) is 3.95. The number of benzene rings is 1. The van der Waals surface area contributed by atoms with Crippen LogP contribution in [-0.2, 0) is 16.0 Å². The molecule has 124 valence electrons. The average molecular weight is 323 g/mol. The van der Waals surface area contributed by atoms with Crippen molar-refractivity contribution in [3.8, 4) is 5.75 Å². The molecule has 1 rings (SSSR count). The molecule has 4 heteroatoms. The number of carbonyl (C=O) groups is 1. The molecule has 1 aromatic rings. The Hall–Kier alpha value is -1.29.